The minimum absolute atomic E-state index is 0.0395. The number of fused-ring (bicyclic) bond motifs is 3. The molecule has 1 aliphatic carbocycles. The Morgan fingerprint density at radius 2 is 2.00 bits per heavy atom. The van der Waals surface area contributed by atoms with E-state index in [-0.39, 0.29) is 15.9 Å². The summed E-state index contributed by atoms with van der Waals surface area (Å²) >= 11 is 2.90. The van der Waals surface area contributed by atoms with E-state index < -0.39 is 66.0 Å². The molecule has 0 aromatic heterocycles. The van der Waals surface area contributed by atoms with E-state index in [2.05, 4.69) is 25.7 Å². The smallest absolute Gasteiger partial charge is 0.417 e. The number of rotatable bonds is 2. The number of benzene rings is 1. The van der Waals surface area contributed by atoms with Gasteiger partial charge in [0.2, 0.25) is 0 Å². The topological polar surface area (TPSA) is 41.9 Å². The van der Waals surface area contributed by atoms with E-state index in [1.54, 1.807) is 0 Å². The molecule has 0 N–H and O–H groups in total. The fourth-order valence-corrected chi connectivity index (χ4v) is 4.13. The Hall–Kier alpha value is -2.37. The Balaban J connectivity index is 1.88. The van der Waals surface area contributed by atoms with Crippen molar-refractivity contribution in [2.75, 3.05) is 6.54 Å². The average molecular weight is 499 g/mol. The van der Waals surface area contributed by atoms with E-state index in [4.69, 9.17) is 0 Å². The van der Waals surface area contributed by atoms with Crippen LogP contribution in [0.15, 0.2) is 45.2 Å². The summed E-state index contributed by atoms with van der Waals surface area (Å²) in [6.07, 6.45) is -6.65. The molecule has 0 radical (unpaired) electrons. The zero-order valence-corrected chi connectivity index (χ0v) is 16.2. The van der Waals surface area contributed by atoms with Gasteiger partial charge in [0, 0.05) is 12.6 Å². The molecule has 2 atom stereocenters. The first-order valence-corrected chi connectivity index (χ1v) is 9.21. The summed E-state index contributed by atoms with van der Waals surface area (Å²) in [5.74, 6) is -3.40. The van der Waals surface area contributed by atoms with Crippen molar-refractivity contribution in [3.8, 4) is 0 Å². The number of hydrogen-bond donors (Lipinski definition) is 0. The summed E-state index contributed by atoms with van der Waals surface area (Å²) < 4.78 is 98.4. The number of ether oxygens (including phenoxy) is 1. The number of carbonyl (C=O) groups excluding carboxylic acids is 1. The van der Waals surface area contributed by atoms with Gasteiger partial charge >= 0.3 is 12.8 Å². The third-order valence-electron chi connectivity index (χ3n) is 5.01. The molecule has 30 heavy (non-hydrogen) atoms. The third-order valence-corrected chi connectivity index (χ3v) is 5.63. The summed E-state index contributed by atoms with van der Waals surface area (Å²) in [4.78, 5) is 17.3. The zero-order chi connectivity index (χ0) is 22.0. The average Bonchev–Trinajstić information content (AvgIpc) is 3.00. The molecule has 12 heteroatoms. The van der Waals surface area contributed by atoms with Gasteiger partial charge in [0.15, 0.2) is 23.5 Å². The van der Waals surface area contributed by atoms with E-state index in [9.17, 15) is 35.5 Å². The minimum atomic E-state index is -4.88. The lowest BCUT2D eigenvalue weighted by Crippen LogP contribution is -2.42. The van der Waals surface area contributed by atoms with Crippen LogP contribution in [0, 0.1) is 5.82 Å². The van der Waals surface area contributed by atoms with Gasteiger partial charge in [-0.15, -0.1) is 0 Å². The second-order valence-electron chi connectivity index (χ2n) is 6.88. The van der Waals surface area contributed by atoms with Crippen molar-refractivity contribution < 1.29 is 40.3 Å². The van der Waals surface area contributed by atoms with Crippen LogP contribution in [0.4, 0.5) is 30.7 Å². The zero-order valence-electron chi connectivity index (χ0n) is 14.6. The van der Waals surface area contributed by atoms with E-state index >= 15 is 0 Å². The van der Waals surface area contributed by atoms with Crippen molar-refractivity contribution in [2.24, 2.45) is 4.99 Å². The van der Waals surface area contributed by atoms with Crippen molar-refractivity contribution >= 4 is 27.5 Å². The standard InChI is InChI=1S/C18H10BrF7N2O2/c19-9-2-1-8-12(13(9)21)14(29)10(20)4-17(8)6-28-5-7(18(24,25)26)3-11(15(28)27-17)30-16(22)23/h1-3,5,10,16H,4,6H2/t10?,17-/m1/s1. The molecule has 0 saturated heterocycles. The van der Waals surface area contributed by atoms with Crippen molar-refractivity contribution in [3.05, 3.63) is 57.2 Å². The minimum Gasteiger partial charge on any atom is -0.431 e. The van der Waals surface area contributed by atoms with Crippen LogP contribution < -0.4 is 0 Å². The van der Waals surface area contributed by atoms with Crippen molar-refractivity contribution in [2.45, 2.75) is 30.9 Å². The van der Waals surface area contributed by atoms with Gasteiger partial charge in [-0.2, -0.15) is 22.0 Å². The van der Waals surface area contributed by atoms with Crippen LogP contribution in [-0.2, 0) is 10.3 Å². The first kappa shape index (κ1) is 20.9. The molecule has 4 rings (SSSR count). The fraction of sp³-hybridized carbons (Fsp3) is 0.333. The second kappa shape index (κ2) is 6.82. The van der Waals surface area contributed by atoms with Crippen LogP contribution in [0.2, 0.25) is 0 Å². The van der Waals surface area contributed by atoms with E-state index in [1.807, 2.05) is 0 Å². The SMILES string of the molecule is O=C1c2c(ccc(Br)c2F)[C@@]2(CC1F)CN1C=C(C(F)(F)F)C=C(OC(F)F)C1=N2. The highest BCUT2D eigenvalue weighted by atomic mass is 79.9. The molecule has 2 heterocycles. The molecule has 1 aromatic carbocycles. The molecule has 0 fully saturated rings. The second-order valence-corrected chi connectivity index (χ2v) is 7.74. The number of aliphatic imine (C=N–C) groups is 1. The van der Waals surface area contributed by atoms with Crippen LogP contribution >= 0.6 is 15.9 Å². The van der Waals surface area contributed by atoms with Crippen LogP contribution in [0.3, 0.4) is 0 Å². The molecular formula is C18H10BrF7N2O2. The molecule has 1 unspecified atom stereocenters. The molecule has 0 saturated carbocycles. The van der Waals surface area contributed by atoms with E-state index in [0.717, 1.165) is 4.90 Å². The Bertz CT molecular complexity index is 1030. The van der Waals surface area contributed by atoms with E-state index in [1.165, 1.54) is 12.1 Å². The van der Waals surface area contributed by atoms with Crippen LogP contribution in [0.1, 0.15) is 22.3 Å². The maximum atomic E-state index is 14.6. The van der Waals surface area contributed by atoms with Gasteiger partial charge in [0.05, 0.1) is 22.2 Å². The van der Waals surface area contributed by atoms with Crippen LogP contribution in [-0.4, -0.2) is 42.0 Å². The van der Waals surface area contributed by atoms with Crippen molar-refractivity contribution in [1.82, 2.24) is 4.90 Å². The Kier molecular flexibility index (Phi) is 4.75. The molecule has 0 bridgehead atoms. The molecule has 160 valence electrons. The number of nitrogens with zero attached hydrogens (tertiary/aromatic N) is 2. The number of amidine groups is 1. The fourth-order valence-electron chi connectivity index (χ4n) is 3.80. The highest BCUT2D eigenvalue weighted by molar-refractivity contribution is 9.10. The Labute approximate surface area is 172 Å². The number of alkyl halides is 6. The molecular weight excluding hydrogens is 489 g/mol. The summed E-state index contributed by atoms with van der Waals surface area (Å²) in [5, 5.41) is 0. The number of carbonyl (C=O) groups is 1. The third kappa shape index (κ3) is 3.21. The summed E-state index contributed by atoms with van der Waals surface area (Å²) in [6.45, 7) is -3.86. The Morgan fingerprint density at radius 3 is 2.63 bits per heavy atom. The first-order chi connectivity index (χ1) is 13.9. The lowest BCUT2D eigenvalue weighted by molar-refractivity contribution is -0.0981. The summed E-state index contributed by atoms with van der Waals surface area (Å²) in [5.41, 5.74) is -3.56. The van der Waals surface area contributed by atoms with Crippen molar-refractivity contribution in [3.63, 3.8) is 0 Å². The lowest BCUT2D eigenvalue weighted by atomic mass is 9.75. The van der Waals surface area contributed by atoms with Gasteiger partial charge in [0.25, 0.3) is 0 Å². The number of halogens is 8. The summed E-state index contributed by atoms with van der Waals surface area (Å²) in [7, 11) is 0. The molecule has 2 aliphatic heterocycles. The highest BCUT2D eigenvalue weighted by Gasteiger charge is 2.52. The van der Waals surface area contributed by atoms with Gasteiger partial charge in [-0.05, 0) is 33.6 Å². The van der Waals surface area contributed by atoms with Crippen molar-refractivity contribution in [1.29, 1.82) is 0 Å². The largest absolute Gasteiger partial charge is 0.431 e. The first-order valence-electron chi connectivity index (χ1n) is 8.42. The maximum Gasteiger partial charge on any atom is 0.417 e. The highest BCUT2D eigenvalue weighted by Crippen LogP contribution is 2.47. The molecule has 1 spiro atoms. The number of Topliss-reactive ketones (excluding diaryl/α,β-unsaturated/α-hetero) is 1. The molecule has 0 amide bonds. The van der Waals surface area contributed by atoms with Gasteiger partial charge in [-0.3, -0.25) is 9.79 Å². The normalized spacial score (nSPS) is 25.8. The molecule has 1 aromatic rings. The van der Waals surface area contributed by atoms with Gasteiger partial charge < -0.3 is 9.64 Å². The number of allylic oxidation sites excluding steroid dienone is 2. The monoisotopic (exact) mass is 498 g/mol. The summed E-state index contributed by atoms with van der Waals surface area (Å²) in [6, 6.07) is 2.56. The van der Waals surface area contributed by atoms with Crippen LogP contribution in [0.5, 0.6) is 0 Å². The van der Waals surface area contributed by atoms with Gasteiger partial charge in [0.1, 0.15) is 11.4 Å². The van der Waals surface area contributed by atoms with Crippen LogP contribution in [0.25, 0.3) is 0 Å². The van der Waals surface area contributed by atoms with Gasteiger partial charge in [-0.1, -0.05) is 6.07 Å². The molecule has 4 nitrogen and oxygen atoms in total. The number of ketones is 1. The Morgan fingerprint density at radius 1 is 1.30 bits per heavy atom. The lowest BCUT2D eigenvalue weighted by Gasteiger charge is -2.34. The maximum absolute atomic E-state index is 14.6. The predicted octanol–water partition coefficient (Wildman–Crippen LogP) is 5.01. The predicted molar refractivity (Wildman–Crippen MR) is 93.1 cm³/mol. The molecule has 3 aliphatic rings. The number of hydrogen-bond acceptors (Lipinski definition) is 4. The van der Waals surface area contributed by atoms with E-state index in [0.29, 0.717) is 12.3 Å². The van der Waals surface area contributed by atoms with Gasteiger partial charge in [-0.25, -0.2) is 8.78 Å². The quantitative estimate of drug-likeness (QED) is 0.538.